The molecule has 0 heterocycles. The summed E-state index contributed by atoms with van der Waals surface area (Å²) >= 11 is 0. The Kier molecular flexibility index (Phi) is 5.49. The Morgan fingerprint density at radius 2 is 1.95 bits per heavy atom. The van der Waals surface area contributed by atoms with Crippen LogP contribution in [0.3, 0.4) is 0 Å². The zero-order chi connectivity index (χ0) is 14.6. The van der Waals surface area contributed by atoms with Gasteiger partial charge in [-0.1, -0.05) is 6.07 Å². The molecule has 5 nitrogen and oxygen atoms in total. The Hall–Kier alpha value is -0.950. The van der Waals surface area contributed by atoms with Crippen LogP contribution in [0, 0.1) is 13.8 Å². The number of nitrogens with zero attached hydrogens (tertiary/aromatic N) is 1. The molecule has 0 saturated heterocycles. The van der Waals surface area contributed by atoms with Gasteiger partial charge in [-0.15, -0.1) is 0 Å². The van der Waals surface area contributed by atoms with Crippen LogP contribution in [0.25, 0.3) is 0 Å². The standard InChI is InChI=1S/C13H22N2O3S/c1-10-5-6-13(7-11(10)2)19(16,17)15(3)8-12(14)9-18-4/h5-7,12H,8-9,14H2,1-4H3. The van der Waals surface area contributed by atoms with Gasteiger partial charge in [0.2, 0.25) is 10.0 Å². The summed E-state index contributed by atoms with van der Waals surface area (Å²) in [5.74, 6) is 0. The maximum absolute atomic E-state index is 12.4. The first kappa shape index (κ1) is 16.1. The zero-order valence-electron chi connectivity index (χ0n) is 11.9. The average Bonchev–Trinajstić information content (AvgIpc) is 2.32. The quantitative estimate of drug-likeness (QED) is 0.843. The fourth-order valence-electron chi connectivity index (χ4n) is 1.75. The van der Waals surface area contributed by atoms with Gasteiger partial charge in [0.1, 0.15) is 0 Å². The Bertz CT molecular complexity index is 529. The number of methoxy groups -OCH3 is 1. The molecule has 0 aliphatic carbocycles. The molecule has 0 bridgehead atoms. The zero-order valence-corrected chi connectivity index (χ0v) is 12.7. The van der Waals surface area contributed by atoms with Gasteiger partial charge in [-0.25, -0.2) is 8.42 Å². The van der Waals surface area contributed by atoms with Gasteiger partial charge in [-0.3, -0.25) is 0 Å². The Morgan fingerprint density at radius 1 is 1.32 bits per heavy atom. The predicted molar refractivity (Wildman–Crippen MR) is 75.6 cm³/mol. The highest BCUT2D eigenvalue weighted by Crippen LogP contribution is 2.18. The van der Waals surface area contributed by atoms with E-state index in [1.165, 1.54) is 18.5 Å². The second-order valence-electron chi connectivity index (χ2n) is 4.75. The van der Waals surface area contributed by atoms with Crippen LogP contribution >= 0.6 is 0 Å². The predicted octanol–water partition coefficient (Wildman–Crippen LogP) is 0.898. The van der Waals surface area contributed by atoms with Crippen LogP contribution in [0.2, 0.25) is 0 Å². The summed E-state index contributed by atoms with van der Waals surface area (Å²) in [6, 6.07) is 4.78. The molecule has 2 N–H and O–H groups in total. The van der Waals surface area contributed by atoms with Gasteiger partial charge in [0.25, 0.3) is 0 Å². The lowest BCUT2D eigenvalue weighted by Gasteiger charge is -2.21. The molecule has 0 aromatic heterocycles. The van der Waals surface area contributed by atoms with E-state index < -0.39 is 10.0 Å². The lowest BCUT2D eigenvalue weighted by molar-refractivity contribution is 0.173. The minimum Gasteiger partial charge on any atom is -0.383 e. The molecule has 0 radical (unpaired) electrons. The number of hydrogen-bond donors (Lipinski definition) is 1. The smallest absolute Gasteiger partial charge is 0.242 e. The largest absolute Gasteiger partial charge is 0.383 e. The fourth-order valence-corrected chi connectivity index (χ4v) is 3.06. The van der Waals surface area contributed by atoms with Crippen molar-refractivity contribution in [3.8, 4) is 0 Å². The fraction of sp³-hybridized carbons (Fsp3) is 0.538. The molecular weight excluding hydrogens is 264 g/mol. The molecule has 0 fully saturated rings. The number of likely N-dealkylation sites (N-methyl/N-ethyl adjacent to an activating group) is 1. The Balaban J connectivity index is 2.93. The molecule has 6 heteroatoms. The maximum Gasteiger partial charge on any atom is 0.242 e. The van der Waals surface area contributed by atoms with Crippen molar-refractivity contribution in [1.29, 1.82) is 0 Å². The first-order chi connectivity index (χ1) is 8.78. The van der Waals surface area contributed by atoms with Gasteiger partial charge in [-0.2, -0.15) is 4.31 Å². The summed E-state index contributed by atoms with van der Waals surface area (Å²) in [6.45, 7) is 4.39. The molecule has 0 saturated carbocycles. The van der Waals surface area contributed by atoms with E-state index in [0.29, 0.717) is 11.5 Å². The van der Waals surface area contributed by atoms with Crippen molar-refractivity contribution in [2.24, 2.45) is 5.73 Å². The van der Waals surface area contributed by atoms with E-state index in [9.17, 15) is 8.42 Å². The molecule has 1 atom stereocenters. The number of aryl methyl sites for hydroxylation is 2. The van der Waals surface area contributed by atoms with Gasteiger partial charge in [0.15, 0.2) is 0 Å². The molecule has 0 spiro atoms. The van der Waals surface area contributed by atoms with Crippen molar-refractivity contribution >= 4 is 10.0 Å². The van der Waals surface area contributed by atoms with Crippen LogP contribution in [-0.4, -0.2) is 46.1 Å². The van der Waals surface area contributed by atoms with Gasteiger partial charge < -0.3 is 10.5 Å². The topological polar surface area (TPSA) is 72.6 Å². The highest BCUT2D eigenvalue weighted by molar-refractivity contribution is 7.89. The van der Waals surface area contributed by atoms with Crippen molar-refractivity contribution in [2.75, 3.05) is 27.3 Å². The number of ether oxygens (including phenoxy) is 1. The van der Waals surface area contributed by atoms with Gasteiger partial charge in [-0.05, 0) is 37.1 Å². The lowest BCUT2D eigenvalue weighted by atomic mass is 10.1. The highest BCUT2D eigenvalue weighted by Gasteiger charge is 2.22. The normalized spacial score (nSPS) is 13.8. The molecular formula is C13H22N2O3S. The molecule has 0 amide bonds. The summed E-state index contributed by atoms with van der Waals surface area (Å²) in [5.41, 5.74) is 7.80. The molecule has 1 aromatic carbocycles. The number of nitrogens with two attached hydrogens (primary N) is 1. The maximum atomic E-state index is 12.4. The van der Waals surface area contributed by atoms with Crippen molar-refractivity contribution < 1.29 is 13.2 Å². The van der Waals surface area contributed by atoms with Crippen molar-refractivity contribution in [1.82, 2.24) is 4.31 Å². The highest BCUT2D eigenvalue weighted by atomic mass is 32.2. The third-order valence-electron chi connectivity index (χ3n) is 3.06. The second-order valence-corrected chi connectivity index (χ2v) is 6.79. The van der Waals surface area contributed by atoms with Gasteiger partial charge >= 0.3 is 0 Å². The van der Waals surface area contributed by atoms with E-state index in [2.05, 4.69) is 0 Å². The summed E-state index contributed by atoms with van der Waals surface area (Å²) in [6.07, 6.45) is 0. The van der Waals surface area contributed by atoms with Crippen LogP contribution in [0.15, 0.2) is 23.1 Å². The van der Waals surface area contributed by atoms with E-state index in [1.807, 2.05) is 19.9 Å². The SMILES string of the molecule is COCC(N)CN(C)S(=O)(=O)c1ccc(C)c(C)c1. The summed E-state index contributed by atoms with van der Waals surface area (Å²) in [7, 11) is -0.427. The second kappa shape index (κ2) is 6.47. The number of rotatable bonds is 6. The van der Waals surface area contributed by atoms with Crippen LogP contribution in [0.1, 0.15) is 11.1 Å². The summed E-state index contributed by atoms with van der Waals surface area (Å²) < 4.78 is 30.9. The lowest BCUT2D eigenvalue weighted by Crippen LogP contribution is -2.41. The molecule has 108 valence electrons. The molecule has 0 aliphatic rings. The number of benzene rings is 1. The molecule has 1 aromatic rings. The van der Waals surface area contributed by atoms with Gasteiger partial charge in [0, 0.05) is 26.7 Å². The van der Waals surface area contributed by atoms with Crippen LogP contribution < -0.4 is 5.73 Å². The van der Waals surface area contributed by atoms with Crippen LogP contribution in [0.4, 0.5) is 0 Å². The van der Waals surface area contributed by atoms with Crippen molar-refractivity contribution in [3.05, 3.63) is 29.3 Å². The summed E-state index contributed by atoms with van der Waals surface area (Å²) in [4.78, 5) is 0.294. The van der Waals surface area contributed by atoms with Gasteiger partial charge in [0.05, 0.1) is 11.5 Å². The first-order valence-corrected chi connectivity index (χ1v) is 7.51. The van der Waals surface area contributed by atoms with Crippen LogP contribution in [-0.2, 0) is 14.8 Å². The number of hydrogen-bond acceptors (Lipinski definition) is 4. The molecule has 0 aliphatic heterocycles. The van der Waals surface area contributed by atoms with E-state index in [-0.39, 0.29) is 12.6 Å². The Morgan fingerprint density at radius 3 is 2.47 bits per heavy atom. The summed E-state index contributed by atoms with van der Waals surface area (Å²) in [5, 5.41) is 0. The third-order valence-corrected chi connectivity index (χ3v) is 4.88. The minimum absolute atomic E-state index is 0.225. The van der Waals surface area contributed by atoms with E-state index in [1.54, 1.807) is 12.1 Å². The minimum atomic E-state index is -3.49. The first-order valence-electron chi connectivity index (χ1n) is 6.07. The van der Waals surface area contributed by atoms with E-state index in [4.69, 9.17) is 10.5 Å². The Labute approximate surface area is 115 Å². The van der Waals surface area contributed by atoms with Crippen molar-refractivity contribution in [3.63, 3.8) is 0 Å². The number of sulfonamides is 1. The monoisotopic (exact) mass is 286 g/mol. The average molecular weight is 286 g/mol. The van der Waals surface area contributed by atoms with Crippen LogP contribution in [0.5, 0.6) is 0 Å². The van der Waals surface area contributed by atoms with E-state index in [0.717, 1.165) is 11.1 Å². The third kappa shape index (κ3) is 4.01. The van der Waals surface area contributed by atoms with Crippen molar-refractivity contribution in [2.45, 2.75) is 24.8 Å². The van der Waals surface area contributed by atoms with E-state index >= 15 is 0 Å². The molecule has 19 heavy (non-hydrogen) atoms. The molecule has 1 rings (SSSR count). The molecule has 1 unspecified atom stereocenters.